The summed E-state index contributed by atoms with van der Waals surface area (Å²) in [5.41, 5.74) is 6.73. The molecule has 0 radical (unpaired) electrons. The normalized spacial score (nSPS) is 19.9. The van der Waals surface area contributed by atoms with Gasteiger partial charge in [0.1, 0.15) is 12.4 Å². The molecule has 1 aromatic rings. The molecule has 122 valence electrons. The monoisotopic (exact) mass is 314 g/mol. The van der Waals surface area contributed by atoms with Gasteiger partial charge in [0.05, 0.1) is 11.5 Å². The van der Waals surface area contributed by atoms with Crippen molar-refractivity contribution in [2.24, 2.45) is 11.7 Å². The number of primary amides is 1. The van der Waals surface area contributed by atoms with Crippen LogP contribution >= 0.6 is 0 Å². The molecule has 3 N–H and O–H groups in total. The van der Waals surface area contributed by atoms with Crippen molar-refractivity contribution in [3.05, 3.63) is 54.1 Å². The molecule has 23 heavy (non-hydrogen) atoms. The van der Waals surface area contributed by atoms with Crippen LogP contribution in [-0.4, -0.2) is 24.5 Å². The molecule has 0 heterocycles. The number of benzene rings is 1. The van der Waals surface area contributed by atoms with E-state index in [9.17, 15) is 9.59 Å². The van der Waals surface area contributed by atoms with Gasteiger partial charge in [-0.05, 0) is 37.5 Å². The molecule has 0 saturated heterocycles. The average molecular weight is 314 g/mol. The fourth-order valence-corrected chi connectivity index (χ4v) is 2.52. The molecule has 0 spiro atoms. The van der Waals surface area contributed by atoms with Gasteiger partial charge >= 0.3 is 0 Å². The number of rotatable bonds is 6. The zero-order chi connectivity index (χ0) is 16.8. The Balaban J connectivity index is 2.12. The summed E-state index contributed by atoms with van der Waals surface area (Å²) in [6.45, 7) is 5.99. The molecular weight excluding hydrogens is 292 g/mol. The Bertz CT molecular complexity index is 637. The number of ether oxygens (including phenoxy) is 1. The van der Waals surface area contributed by atoms with E-state index in [4.69, 9.17) is 10.5 Å². The first-order chi connectivity index (χ1) is 11.0. The Labute approximate surface area is 136 Å². The summed E-state index contributed by atoms with van der Waals surface area (Å²) in [4.78, 5) is 24.1. The zero-order valence-corrected chi connectivity index (χ0v) is 13.2. The van der Waals surface area contributed by atoms with Gasteiger partial charge in [-0.15, -0.1) is 0 Å². The highest BCUT2D eigenvalue weighted by molar-refractivity contribution is 5.97. The Morgan fingerprint density at radius 2 is 2.00 bits per heavy atom. The Morgan fingerprint density at radius 3 is 2.70 bits per heavy atom. The van der Waals surface area contributed by atoms with E-state index in [2.05, 4.69) is 11.9 Å². The highest BCUT2D eigenvalue weighted by Gasteiger charge is 2.29. The lowest BCUT2D eigenvalue weighted by Crippen LogP contribution is -2.46. The van der Waals surface area contributed by atoms with Gasteiger partial charge in [-0.1, -0.05) is 30.9 Å². The second-order valence-corrected chi connectivity index (χ2v) is 5.77. The molecule has 0 unspecified atom stereocenters. The molecule has 0 fully saturated rings. The summed E-state index contributed by atoms with van der Waals surface area (Å²) < 4.78 is 5.62. The molecule has 0 bridgehead atoms. The molecule has 0 aromatic heterocycles. The van der Waals surface area contributed by atoms with E-state index in [0.717, 1.165) is 5.57 Å². The van der Waals surface area contributed by atoms with Crippen molar-refractivity contribution in [1.82, 2.24) is 5.32 Å². The van der Waals surface area contributed by atoms with Crippen LogP contribution in [0.25, 0.3) is 0 Å². The summed E-state index contributed by atoms with van der Waals surface area (Å²) in [7, 11) is 0. The standard InChI is InChI=1S/C18H22N2O3/c1-12(2)11-23-16-10-6-4-8-14(16)18(22)20-15-9-5-3-7-13(15)17(19)21/h3-6,8,10,13,15H,1,7,9,11H2,2H3,(H2,19,21)(H,20,22)/t13-,15+/m0/s1. The van der Waals surface area contributed by atoms with Crippen LogP contribution < -0.4 is 15.8 Å². The minimum atomic E-state index is -0.397. The number of amides is 2. The van der Waals surface area contributed by atoms with Crippen LogP contribution in [0.2, 0.25) is 0 Å². The quantitative estimate of drug-likeness (QED) is 0.790. The van der Waals surface area contributed by atoms with E-state index < -0.39 is 5.91 Å². The fraction of sp³-hybridized carbons (Fsp3) is 0.333. The van der Waals surface area contributed by atoms with E-state index in [1.807, 2.05) is 19.1 Å². The van der Waals surface area contributed by atoms with Crippen molar-refractivity contribution >= 4 is 11.8 Å². The molecule has 2 rings (SSSR count). The van der Waals surface area contributed by atoms with Gasteiger partial charge in [-0.3, -0.25) is 9.59 Å². The lowest BCUT2D eigenvalue weighted by molar-refractivity contribution is -0.122. The molecule has 5 heteroatoms. The lowest BCUT2D eigenvalue weighted by atomic mass is 9.88. The molecule has 1 aromatic carbocycles. The first kappa shape index (κ1) is 16.8. The molecule has 5 nitrogen and oxygen atoms in total. The summed E-state index contributed by atoms with van der Waals surface area (Å²) in [6.07, 6.45) is 5.01. The summed E-state index contributed by atoms with van der Waals surface area (Å²) >= 11 is 0. The largest absolute Gasteiger partial charge is 0.488 e. The van der Waals surface area contributed by atoms with Crippen molar-refractivity contribution in [3.63, 3.8) is 0 Å². The van der Waals surface area contributed by atoms with Gasteiger partial charge < -0.3 is 15.8 Å². The van der Waals surface area contributed by atoms with Crippen molar-refractivity contribution < 1.29 is 14.3 Å². The van der Waals surface area contributed by atoms with E-state index in [1.54, 1.807) is 24.3 Å². The van der Waals surface area contributed by atoms with E-state index >= 15 is 0 Å². The lowest BCUT2D eigenvalue weighted by Gasteiger charge is -2.27. The molecule has 0 saturated carbocycles. The molecular formula is C18H22N2O3. The Kier molecular flexibility index (Phi) is 5.57. The third kappa shape index (κ3) is 4.45. The van der Waals surface area contributed by atoms with Gasteiger partial charge in [-0.2, -0.15) is 0 Å². The molecule has 0 aliphatic heterocycles. The average Bonchev–Trinajstić information content (AvgIpc) is 2.53. The van der Waals surface area contributed by atoms with Crippen molar-refractivity contribution in [2.45, 2.75) is 25.8 Å². The predicted molar refractivity (Wildman–Crippen MR) is 89.1 cm³/mol. The summed E-state index contributed by atoms with van der Waals surface area (Å²) in [5.74, 6) is -0.553. The number of hydrogen-bond donors (Lipinski definition) is 2. The number of carbonyl (C=O) groups excluding carboxylic acids is 2. The highest BCUT2D eigenvalue weighted by atomic mass is 16.5. The first-order valence-electron chi connectivity index (χ1n) is 7.60. The van der Waals surface area contributed by atoms with Crippen LogP contribution in [0.5, 0.6) is 5.75 Å². The van der Waals surface area contributed by atoms with E-state index in [0.29, 0.717) is 30.8 Å². The second-order valence-electron chi connectivity index (χ2n) is 5.77. The second kappa shape index (κ2) is 7.63. The van der Waals surface area contributed by atoms with Crippen molar-refractivity contribution in [2.75, 3.05) is 6.61 Å². The van der Waals surface area contributed by atoms with E-state index in [1.165, 1.54) is 0 Å². The maximum Gasteiger partial charge on any atom is 0.255 e. The fourth-order valence-electron chi connectivity index (χ4n) is 2.52. The number of para-hydroxylation sites is 1. The molecule has 2 amide bonds. The third-order valence-corrected chi connectivity index (χ3v) is 3.72. The van der Waals surface area contributed by atoms with Gasteiger partial charge in [0.25, 0.3) is 5.91 Å². The first-order valence-corrected chi connectivity index (χ1v) is 7.60. The van der Waals surface area contributed by atoms with Crippen LogP contribution in [0.4, 0.5) is 0 Å². The van der Waals surface area contributed by atoms with Gasteiger partial charge in [0, 0.05) is 6.04 Å². The van der Waals surface area contributed by atoms with Crippen LogP contribution in [0.1, 0.15) is 30.1 Å². The highest BCUT2D eigenvalue weighted by Crippen LogP contribution is 2.22. The van der Waals surface area contributed by atoms with Gasteiger partial charge in [0.2, 0.25) is 5.91 Å². The van der Waals surface area contributed by atoms with Crippen LogP contribution in [0.3, 0.4) is 0 Å². The third-order valence-electron chi connectivity index (χ3n) is 3.72. The van der Waals surface area contributed by atoms with Crippen LogP contribution in [0.15, 0.2) is 48.6 Å². The van der Waals surface area contributed by atoms with Gasteiger partial charge in [0.15, 0.2) is 0 Å². The predicted octanol–water partition coefficient (Wildman–Crippen LogP) is 2.19. The summed E-state index contributed by atoms with van der Waals surface area (Å²) in [5, 5.41) is 2.90. The number of nitrogens with one attached hydrogen (secondary N) is 1. The van der Waals surface area contributed by atoms with Crippen molar-refractivity contribution in [3.8, 4) is 5.75 Å². The summed E-state index contributed by atoms with van der Waals surface area (Å²) in [6, 6.07) is 6.72. The number of carbonyl (C=O) groups is 2. The number of nitrogens with two attached hydrogens (primary N) is 1. The minimum Gasteiger partial charge on any atom is -0.488 e. The SMILES string of the molecule is C=C(C)COc1ccccc1C(=O)N[C@@H]1CC=CC[C@@H]1C(N)=O. The van der Waals surface area contributed by atoms with Crippen LogP contribution in [0, 0.1) is 5.92 Å². The molecule has 2 atom stereocenters. The zero-order valence-electron chi connectivity index (χ0n) is 13.2. The van der Waals surface area contributed by atoms with E-state index in [-0.39, 0.29) is 17.9 Å². The Morgan fingerprint density at radius 1 is 1.30 bits per heavy atom. The maximum absolute atomic E-state index is 12.6. The molecule has 1 aliphatic carbocycles. The maximum atomic E-state index is 12.6. The molecule has 1 aliphatic rings. The van der Waals surface area contributed by atoms with Crippen LogP contribution in [-0.2, 0) is 4.79 Å². The van der Waals surface area contributed by atoms with Gasteiger partial charge in [-0.25, -0.2) is 0 Å². The minimum absolute atomic E-state index is 0.270. The Hall–Kier alpha value is -2.56. The van der Waals surface area contributed by atoms with Crippen molar-refractivity contribution in [1.29, 1.82) is 0 Å². The number of hydrogen-bond acceptors (Lipinski definition) is 3. The number of allylic oxidation sites excluding steroid dienone is 1. The topological polar surface area (TPSA) is 81.4 Å². The smallest absolute Gasteiger partial charge is 0.255 e.